The van der Waals surface area contributed by atoms with Gasteiger partial charge >= 0.3 is 0 Å². The Morgan fingerprint density at radius 3 is 2.60 bits per heavy atom. The van der Waals surface area contributed by atoms with Crippen LogP contribution in [0.2, 0.25) is 0 Å². The number of β-amino-alcohol motifs (C(OH)–C–C–N with tert-alkyl or cyclic N) is 1. The van der Waals surface area contributed by atoms with Crippen LogP contribution in [0.3, 0.4) is 0 Å². The second-order valence-corrected chi connectivity index (χ2v) is 3.79. The molecule has 0 spiro atoms. The van der Waals surface area contributed by atoms with Gasteiger partial charge in [0.05, 0.1) is 6.10 Å². The predicted octanol–water partition coefficient (Wildman–Crippen LogP) is 0.230. The maximum atomic E-state index is 8.95. The van der Waals surface area contributed by atoms with Crippen LogP contribution in [0.4, 0.5) is 0 Å². The van der Waals surface area contributed by atoms with Crippen molar-refractivity contribution in [3.05, 3.63) is 6.92 Å². The summed E-state index contributed by atoms with van der Waals surface area (Å²) in [6, 6.07) is 0. The van der Waals surface area contributed by atoms with Gasteiger partial charge in [-0.2, -0.15) is 11.8 Å². The Labute approximate surface area is 66.6 Å². The number of hydrogen-bond acceptors (Lipinski definition) is 3. The number of nitrogens with zero attached hydrogens (tertiary/aromatic N) is 1. The van der Waals surface area contributed by atoms with E-state index >= 15 is 0 Å². The molecule has 0 aromatic rings. The Hall–Kier alpha value is 0.270. The van der Waals surface area contributed by atoms with Crippen molar-refractivity contribution in [3.8, 4) is 0 Å². The summed E-state index contributed by atoms with van der Waals surface area (Å²) in [5.41, 5.74) is 0. The monoisotopic (exact) mass is 160 g/mol. The average molecular weight is 160 g/mol. The molecule has 0 aromatic carbocycles. The molecule has 3 heteroatoms. The van der Waals surface area contributed by atoms with Gasteiger partial charge in [0.25, 0.3) is 0 Å². The highest BCUT2D eigenvalue weighted by Crippen LogP contribution is 2.08. The van der Waals surface area contributed by atoms with Crippen molar-refractivity contribution in [3.63, 3.8) is 0 Å². The Bertz CT molecular complexity index is 91.6. The summed E-state index contributed by atoms with van der Waals surface area (Å²) in [6.45, 7) is 6.49. The Balaban J connectivity index is 2.13. The third kappa shape index (κ3) is 2.90. The maximum Gasteiger partial charge on any atom is 0.0668 e. The molecule has 1 aliphatic rings. The molecule has 1 atom stereocenters. The first-order valence-electron chi connectivity index (χ1n) is 3.60. The van der Waals surface area contributed by atoms with Gasteiger partial charge in [-0.25, -0.2) is 0 Å². The van der Waals surface area contributed by atoms with Gasteiger partial charge in [-0.3, -0.25) is 4.90 Å². The molecule has 0 aromatic heterocycles. The van der Waals surface area contributed by atoms with Crippen molar-refractivity contribution in [2.45, 2.75) is 6.10 Å². The zero-order chi connectivity index (χ0) is 7.40. The number of thioether (sulfide) groups is 1. The quantitative estimate of drug-likeness (QED) is 0.625. The van der Waals surface area contributed by atoms with Crippen molar-refractivity contribution in [2.24, 2.45) is 0 Å². The smallest absolute Gasteiger partial charge is 0.0668 e. The van der Waals surface area contributed by atoms with Crippen LogP contribution in [0, 0.1) is 6.92 Å². The molecule has 1 fully saturated rings. The van der Waals surface area contributed by atoms with Crippen molar-refractivity contribution in [1.82, 2.24) is 4.90 Å². The van der Waals surface area contributed by atoms with Gasteiger partial charge in [0, 0.05) is 31.1 Å². The summed E-state index contributed by atoms with van der Waals surface area (Å²) < 4.78 is 0. The molecule has 0 saturated carbocycles. The van der Waals surface area contributed by atoms with E-state index in [1.807, 2.05) is 11.8 Å². The van der Waals surface area contributed by atoms with E-state index in [1.54, 1.807) is 0 Å². The van der Waals surface area contributed by atoms with Gasteiger partial charge in [-0.1, -0.05) is 0 Å². The van der Waals surface area contributed by atoms with Crippen molar-refractivity contribution >= 4 is 11.8 Å². The summed E-state index contributed by atoms with van der Waals surface area (Å²) in [4.78, 5) is 2.26. The fourth-order valence-corrected chi connectivity index (χ4v) is 2.06. The van der Waals surface area contributed by atoms with Crippen LogP contribution >= 0.6 is 11.8 Å². The van der Waals surface area contributed by atoms with E-state index in [9.17, 15) is 0 Å². The number of rotatable bonds is 2. The zero-order valence-corrected chi connectivity index (χ0v) is 6.94. The second kappa shape index (κ2) is 4.21. The summed E-state index contributed by atoms with van der Waals surface area (Å²) in [6.07, 6.45) is -0.414. The Kier molecular flexibility index (Phi) is 3.52. The van der Waals surface area contributed by atoms with E-state index in [-0.39, 0.29) is 0 Å². The maximum absolute atomic E-state index is 8.95. The lowest BCUT2D eigenvalue weighted by Crippen LogP contribution is -2.37. The summed E-state index contributed by atoms with van der Waals surface area (Å²) in [5.74, 6) is 2.40. The van der Waals surface area contributed by atoms with E-state index in [4.69, 9.17) is 5.11 Å². The third-order valence-corrected chi connectivity index (χ3v) is 2.52. The molecular weight excluding hydrogens is 146 g/mol. The lowest BCUT2D eigenvalue weighted by molar-refractivity contribution is 0.152. The van der Waals surface area contributed by atoms with Crippen LogP contribution in [0.25, 0.3) is 0 Å². The van der Waals surface area contributed by atoms with Gasteiger partial charge in [0.15, 0.2) is 0 Å². The van der Waals surface area contributed by atoms with E-state index in [0.29, 0.717) is 0 Å². The van der Waals surface area contributed by atoms with Crippen molar-refractivity contribution in [1.29, 1.82) is 0 Å². The molecule has 1 aliphatic heterocycles. The Morgan fingerprint density at radius 2 is 2.10 bits per heavy atom. The Morgan fingerprint density at radius 1 is 1.50 bits per heavy atom. The molecule has 1 saturated heterocycles. The average Bonchev–Trinajstić information content (AvgIpc) is 1.88. The first-order valence-corrected chi connectivity index (χ1v) is 4.76. The van der Waals surface area contributed by atoms with Crippen LogP contribution < -0.4 is 0 Å². The summed E-state index contributed by atoms with van der Waals surface area (Å²) >= 11 is 1.98. The van der Waals surface area contributed by atoms with Gasteiger partial charge in [0.1, 0.15) is 0 Å². The fraction of sp³-hybridized carbons (Fsp3) is 0.857. The van der Waals surface area contributed by atoms with Gasteiger partial charge in [-0.05, 0) is 6.92 Å². The highest BCUT2D eigenvalue weighted by atomic mass is 32.2. The van der Waals surface area contributed by atoms with Crippen molar-refractivity contribution < 1.29 is 5.11 Å². The highest BCUT2D eigenvalue weighted by molar-refractivity contribution is 7.99. The molecule has 1 radical (unpaired) electrons. The van der Waals surface area contributed by atoms with E-state index in [2.05, 4.69) is 11.8 Å². The lowest BCUT2D eigenvalue weighted by atomic mass is 10.3. The molecule has 1 heterocycles. The normalized spacial score (nSPS) is 24.6. The molecule has 1 N–H and O–H groups in total. The molecule has 59 valence electrons. The minimum absolute atomic E-state index is 0.414. The fourth-order valence-electron chi connectivity index (χ4n) is 1.08. The number of hydrogen-bond donors (Lipinski definition) is 1. The largest absolute Gasteiger partial charge is 0.392 e. The molecule has 2 nitrogen and oxygen atoms in total. The SMILES string of the molecule is [CH2]C(O)CN1CCSCC1. The molecule has 10 heavy (non-hydrogen) atoms. The third-order valence-electron chi connectivity index (χ3n) is 1.57. The summed E-state index contributed by atoms with van der Waals surface area (Å²) in [5, 5.41) is 8.95. The second-order valence-electron chi connectivity index (χ2n) is 2.57. The van der Waals surface area contributed by atoms with E-state index < -0.39 is 6.10 Å². The van der Waals surface area contributed by atoms with Crippen molar-refractivity contribution in [2.75, 3.05) is 31.1 Å². The molecule has 1 rings (SSSR count). The number of aliphatic hydroxyl groups is 1. The predicted molar refractivity (Wildman–Crippen MR) is 45.1 cm³/mol. The standard InChI is InChI=1S/C7H14NOS/c1-7(9)6-8-2-4-10-5-3-8/h7,9H,1-6H2. The van der Waals surface area contributed by atoms with E-state index in [0.717, 1.165) is 19.6 Å². The first kappa shape index (κ1) is 8.37. The molecule has 0 amide bonds. The number of aliphatic hydroxyl groups excluding tert-OH is 1. The lowest BCUT2D eigenvalue weighted by Gasteiger charge is -2.26. The van der Waals surface area contributed by atoms with E-state index in [1.165, 1.54) is 11.5 Å². The van der Waals surface area contributed by atoms with Gasteiger partial charge < -0.3 is 5.11 Å². The van der Waals surface area contributed by atoms with Crippen LogP contribution in [-0.2, 0) is 0 Å². The minimum atomic E-state index is -0.414. The first-order chi connectivity index (χ1) is 4.79. The summed E-state index contributed by atoms with van der Waals surface area (Å²) in [7, 11) is 0. The van der Waals surface area contributed by atoms with Crippen LogP contribution in [0.5, 0.6) is 0 Å². The zero-order valence-electron chi connectivity index (χ0n) is 6.12. The molecule has 0 bridgehead atoms. The van der Waals surface area contributed by atoms with Crippen LogP contribution in [0.1, 0.15) is 0 Å². The molecular formula is C7H14NOS. The van der Waals surface area contributed by atoms with Gasteiger partial charge in [0.2, 0.25) is 0 Å². The minimum Gasteiger partial charge on any atom is -0.392 e. The topological polar surface area (TPSA) is 23.5 Å². The van der Waals surface area contributed by atoms with Gasteiger partial charge in [-0.15, -0.1) is 0 Å². The van der Waals surface area contributed by atoms with Crippen LogP contribution in [-0.4, -0.2) is 47.3 Å². The molecule has 0 aliphatic carbocycles. The molecule has 1 unspecified atom stereocenters. The highest BCUT2D eigenvalue weighted by Gasteiger charge is 2.11. The van der Waals surface area contributed by atoms with Crippen LogP contribution in [0.15, 0.2) is 0 Å².